The fraction of sp³-hybridized carbons (Fsp3) is 0.364. The molecule has 0 amide bonds. The highest BCUT2D eigenvalue weighted by Gasteiger charge is 2.19. The summed E-state index contributed by atoms with van der Waals surface area (Å²) in [5.41, 5.74) is 4.01. The Morgan fingerprint density at radius 2 is 1.85 bits per heavy atom. The molecule has 0 fully saturated rings. The quantitative estimate of drug-likeness (QED) is 0.715. The predicted octanol–water partition coefficient (Wildman–Crippen LogP) is 4.45. The number of aryl methyl sites for hydroxylation is 2. The highest BCUT2D eigenvalue weighted by Crippen LogP contribution is 2.21. The second kappa shape index (κ2) is 7.83. The Hall–Kier alpha value is -2.46. The van der Waals surface area contributed by atoms with Gasteiger partial charge in [0.2, 0.25) is 0 Å². The number of aromatic nitrogens is 2. The van der Waals surface area contributed by atoms with E-state index in [1.54, 1.807) is 4.57 Å². The van der Waals surface area contributed by atoms with E-state index >= 15 is 0 Å². The largest absolute Gasteiger partial charge is 0.307 e. The van der Waals surface area contributed by atoms with E-state index in [4.69, 9.17) is 4.98 Å². The molecular formula is C22H27N3O. The summed E-state index contributed by atoms with van der Waals surface area (Å²) in [5.74, 6) is 0.785. The van der Waals surface area contributed by atoms with Crippen molar-refractivity contribution < 1.29 is 0 Å². The number of hydrogen-bond donors (Lipinski definition) is 1. The number of nitrogens with zero attached hydrogens (tertiary/aromatic N) is 2. The van der Waals surface area contributed by atoms with Gasteiger partial charge in [-0.05, 0) is 68.6 Å². The van der Waals surface area contributed by atoms with Gasteiger partial charge in [-0.1, -0.05) is 32.0 Å². The molecule has 1 atom stereocenters. The van der Waals surface area contributed by atoms with Crippen LogP contribution >= 0.6 is 0 Å². The molecule has 1 unspecified atom stereocenters. The van der Waals surface area contributed by atoms with E-state index in [9.17, 15) is 4.79 Å². The first kappa shape index (κ1) is 18.3. The Morgan fingerprint density at radius 3 is 2.54 bits per heavy atom. The summed E-state index contributed by atoms with van der Waals surface area (Å²) >= 11 is 0. The third kappa shape index (κ3) is 3.42. The van der Waals surface area contributed by atoms with Crippen LogP contribution in [0, 0.1) is 13.8 Å². The third-order valence-electron chi connectivity index (χ3n) is 4.91. The first-order valence-electron chi connectivity index (χ1n) is 9.39. The van der Waals surface area contributed by atoms with Gasteiger partial charge in [0.25, 0.3) is 5.56 Å². The molecule has 26 heavy (non-hydrogen) atoms. The Morgan fingerprint density at radius 1 is 1.08 bits per heavy atom. The van der Waals surface area contributed by atoms with Crippen LogP contribution in [-0.4, -0.2) is 16.1 Å². The molecule has 0 bridgehead atoms. The van der Waals surface area contributed by atoms with Gasteiger partial charge in [-0.25, -0.2) is 4.98 Å². The van der Waals surface area contributed by atoms with Crippen LogP contribution in [0.5, 0.6) is 0 Å². The zero-order valence-corrected chi connectivity index (χ0v) is 16.0. The topological polar surface area (TPSA) is 46.9 Å². The number of hydrogen-bond acceptors (Lipinski definition) is 3. The standard InChI is InChI=1S/C22H27N3O/c1-5-13-23-19(6-2)21-24-20-10-8-7-9-18(20)22(26)25(21)17-12-11-15(3)16(4)14-17/h7-12,14,19,23H,5-6,13H2,1-4H3. The fourth-order valence-electron chi connectivity index (χ4n) is 3.23. The molecule has 0 aliphatic rings. The van der Waals surface area contributed by atoms with Crippen molar-refractivity contribution in [3.05, 3.63) is 69.8 Å². The Balaban J connectivity index is 2.30. The molecule has 0 aliphatic heterocycles. The van der Waals surface area contributed by atoms with Gasteiger partial charge in [0.15, 0.2) is 0 Å². The minimum absolute atomic E-state index is 0.00870. The minimum Gasteiger partial charge on any atom is -0.307 e. The maximum Gasteiger partial charge on any atom is 0.266 e. The van der Waals surface area contributed by atoms with Crippen molar-refractivity contribution in [3.63, 3.8) is 0 Å². The highest BCUT2D eigenvalue weighted by atomic mass is 16.1. The lowest BCUT2D eigenvalue weighted by atomic mass is 10.1. The number of para-hydroxylation sites is 1. The lowest BCUT2D eigenvalue weighted by Crippen LogP contribution is -2.31. The molecule has 136 valence electrons. The number of nitrogens with one attached hydrogen (secondary N) is 1. The summed E-state index contributed by atoms with van der Waals surface area (Å²) < 4.78 is 1.78. The normalized spacial score (nSPS) is 12.5. The van der Waals surface area contributed by atoms with Crippen LogP contribution in [-0.2, 0) is 0 Å². The molecule has 3 aromatic rings. The second-order valence-corrected chi connectivity index (χ2v) is 6.81. The van der Waals surface area contributed by atoms with E-state index in [0.717, 1.165) is 36.4 Å². The number of fused-ring (bicyclic) bond motifs is 1. The van der Waals surface area contributed by atoms with Crippen molar-refractivity contribution in [2.75, 3.05) is 6.54 Å². The van der Waals surface area contributed by atoms with E-state index in [0.29, 0.717) is 5.39 Å². The van der Waals surface area contributed by atoms with Gasteiger partial charge in [0.1, 0.15) is 5.82 Å². The summed E-state index contributed by atoms with van der Waals surface area (Å²) in [6, 6.07) is 13.8. The Bertz CT molecular complexity index is 975. The molecule has 0 aliphatic carbocycles. The average molecular weight is 349 g/mol. The van der Waals surface area contributed by atoms with E-state index in [1.807, 2.05) is 30.3 Å². The molecule has 3 rings (SSSR count). The molecule has 0 radical (unpaired) electrons. The maximum absolute atomic E-state index is 13.3. The monoisotopic (exact) mass is 349 g/mol. The van der Waals surface area contributed by atoms with E-state index < -0.39 is 0 Å². The van der Waals surface area contributed by atoms with Crippen molar-refractivity contribution in [1.29, 1.82) is 0 Å². The maximum atomic E-state index is 13.3. The van der Waals surface area contributed by atoms with Crippen molar-refractivity contribution in [2.24, 2.45) is 0 Å². The van der Waals surface area contributed by atoms with Crippen LogP contribution in [0.1, 0.15) is 49.7 Å². The van der Waals surface area contributed by atoms with Crippen LogP contribution < -0.4 is 10.9 Å². The lowest BCUT2D eigenvalue weighted by Gasteiger charge is -2.22. The molecule has 1 aromatic heterocycles. The predicted molar refractivity (Wildman–Crippen MR) is 108 cm³/mol. The van der Waals surface area contributed by atoms with Gasteiger partial charge < -0.3 is 5.32 Å². The molecule has 1 heterocycles. The Kier molecular flexibility index (Phi) is 5.52. The summed E-state index contributed by atoms with van der Waals surface area (Å²) in [4.78, 5) is 18.2. The molecule has 2 aromatic carbocycles. The van der Waals surface area contributed by atoms with Crippen LogP contribution in [0.2, 0.25) is 0 Å². The van der Waals surface area contributed by atoms with E-state index in [1.165, 1.54) is 11.1 Å². The van der Waals surface area contributed by atoms with Gasteiger partial charge >= 0.3 is 0 Å². The van der Waals surface area contributed by atoms with E-state index in [-0.39, 0.29) is 11.6 Å². The Labute approximate surface area is 154 Å². The van der Waals surface area contributed by atoms with E-state index in [2.05, 4.69) is 45.1 Å². The van der Waals surface area contributed by atoms with Gasteiger partial charge in [-0.3, -0.25) is 9.36 Å². The van der Waals surface area contributed by atoms with Gasteiger partial charge in [-0.15, -0.1) is 0 Å². The van der Waals surface area contributed by atoms with Crippen LogP contribution in [0.25, 0.3) is 16.6 Å². The first-order valence-corrected chi connectivity index (χ1v) is 9.39. The molecule has 4 nitrogen and oxygen atoms in total. The number of rotatable bonds is 6. The highest BCUT2D eigenvalue weighted by molar-refractivity contribution is 5.77. The van der Waals surface area contributed by atoms with Crippen LogP contribution in [0.3, 0.4) is 0 Å². The summed E-state index contributed by atoms with van der Waals surface area (Å²) in [5, 5.41) is 4.19. The summed E-state index contributed by atoms with van der Waals surface area (Å²) in [7, 11) is 0. The smallest absolute Gasteiger partial charge is 0.266 e. The van der Waals surface area contributed by atoms with Crippen molar-refractivity contribution >= 4 is 10.9 Å². The van der Waals surface area contributed by atoms with Crippen molar-refractivity contribution in [1.82, 2.24) is 14.9 Å². The van der Waals surface area contributed by atoms with Crippen molar-refractivity contribution in [3.8, 4) is 5.69 Å². The molecule has 4 heteroatoms. The van der Waals surface area contributed by atoms with Gasteiger partial charge in [0, 0.05) is 0 Å². The zero-order chi connectivity index (χ0) is 18.7. The first-order chi connectivity index (χ1) is 12.6. The third-order valence-corrected chi connectivity index (χ3v) is 4.91. The second-order valence-electron chi connectivity index (χ2n) is 6.81. The van der Waals surface area contributed by atoms with Crippen molar-refractivity contribution in [2.45, 2.75) is 46.6 Å². The van der Waals surface area contributed by atoms with Crippen LogP contribution in [0.15, 0.2) is 47.3 Å². The minimum atomic E-state index is -0.00870. The van der Waals surface area contributed by atoms with Gasteiger partial charge in [-0.2, -0.15) is 0 Å². The molecule has 0 spiro atoms. The zero-order valence-electron chi connectivity index (χ0n) is 16.0. The SMILES string of the molecule is CCCNC(CC)c1nc2ccccc2c(=O)n1-c1ccc(C)c(C)c1. The molecular weight excluding hydrogens is 322 g/mol. The summed E-state index contributed by atoms with van der Waals surface area (Å²) in [6.07, 6.45) is 1.91. The molecule has 0 saturated carbocycles. The molecule has 1 N–H and O–H groups in total. The van der Waals surface area contributed by atoms with Crippen LogP contribution in [0.4, 0.5) is 0 Å². The average Bonchev–Trinajstić information content (AvgIpc) is 2.65. The number of benzene rings is 2. The molecule has 0 saturated heterocycles. The summed E-state index contributed by atoms with van der Waals surface area (Å²) in [6.45, 7) is 9.32. The lowest BCUT2D eigenvalue weighted by molar-refractivity contribution is 0.484. The fourth-order valence-corrected chi connectivity index (χ4v) is 3.23. The van der Waals surface area contributed by atoms with Gasteiger partial charge in [0.05, 0.1) is 22.6 Å².